The number of hydrogen-bond donors (Lipinski definition) is 0. The number of allylic oxidation sites excluding steroid dienone is 4. The average molecular weight is 490 g/mol. The van der Waals surface area contributed by atoms with Gasteiger partial charge in [0.25, 0.3) is 0 Å². The molecule has 0 spiro atoms. The highest BCUT2D eigenvalue weighted by atomic mass is 35.5. The quantitative estimate of drug-likeness (QED) is 0.269. The van der Waals surface area contributed by atoms with E-state index in [-0.39, 0.29) is 0 Å². The third-order valence-electron chi connectivity index (χ3n) is 5.18. The van der Waals surface area contributed by atoms with Crippen LogP contribution >= 0.6 is 23.2 Å². The van der Waals surface area contributed by atoms with E-state index in [1.165, 1.54) is 32.1 Å². The molecule has 1 fully saturated rings. The average Bonchev–Trinajstić information content (AvgIpc) is 2.78. The molecule has 1 aliphatic rings. The fourth-order valence-electron chi connectivity index (χ4n) is 3.24. The Balaban J connectivity index is 0.000000488. The van der Waals surface area contributed by atoms with Crippen molar-refractivity contribution in [2.45, 2.75) is 79.6 Å². The van der Waals surface area contributed by atoms with Crippen LogP contribution in [0.4, 0.5) is 0 Å². The van der Waals surface area contributed by atoms with E-state index in [0.29, 0.717) is 5.17 Å². The van der Waals surface area contributed by atoms with Crippen molar-refractivity contribution in [2.24, 2.45) is 15.9 Å². The smallest absolute Gasteiger partial charge is 0.103 e. The highest BCUT2D eigenvalue weighted by Crippen LogP contribution is 2.22. The molecule has 0 saturated heterocycles. The van der Waals surface area contributed by atoms with E-state index in [0.717, 1.165) is 46.2 Å². The largest absolute Gasteiger partial charge is 0.272 e. The minimum atomic E-state index is 0.531. The molecule has 0 bridgehead atoms. The van der Waals surface area contributed by atoms with Gasteiger partial charge in [-0.2, -0.15) is 0 Å². The highest BCUT2D eigenvalue weighted by molar-refractivity contribution is 6.64. The first kappa shape index (κ1) is 31.1. The second-order valence-electron chi connectivity index (χ2n) is 8.31. The maximum absolute atomic E-state index is 5.79. The van der Waals surface area contributed by atoms with Gasteiger partial charge in [-0.05, 0) is 80.8 Å². The van der Waals surface area contributed by atoms with Gasteiger partial charge in [-0.1, -0.05) is 100 Å². The molecule has 1 aromatic carbocycles. The maximum Gasteiger partial charge on any atom is 0.103 e. The van der Waals surface area contributed by atoms with Gasteiger partial charge in [-0.25, -0.2) is 4.99 Å². The number of hydrogen-bond acceptors (Lipinski definition) is 2. The molecule has 0 N–H and O–H groups in total. The van der Waals surface area contributed by atoms with E-state index in [9.17, 15) is 0 Å². The van der Waals surface area contributed by atoms with E-state index < -0.39 is 0 Å². The van der Waals surface area contributed by atoms with E-state index in [1.54, 1.807) is 19.2 Å². The van der Waals surface area contributed by atoms with E-state index in [1.807, 2.05) is 38.1 Å². The Kier molecular flexibility index (Phi) is 18.4. The summed E-state index contributed by atoms with van der Waals surface area (Å²) in [5.74, 6) is 1.04. The van der Waals surface area contributed by atoms with E-state index >= 15 is 0 Å². The first-order chi connectivity index (χ1) is 15.7. The van der Waals surface area contributed by atoms with Crippen LogP contribution < -0.4 is 0 Å². The molecule has 33 heavy (non-hydrogen) atoms. The molecule has 182 valence electrons. The number of nitrogens with zero attached hydrogens (tertiary/aromatic N) is 2. The molecule has 2 rings (SSSR count). The number of benzene rings is 1. The van der Waals surface area contributed by atoms with Gasteiger partial charge in [-0.15, -0.1) is 0 Å². The zero-order chi connectivity index (χ0) is 25.1. The summed E-state index contributed by atoms with van der Waals surface area (Å²) in [6.45, 7) is 17.4. The second-order valence-corrected chi connectivity index (χ2v) is 9.30. The van der Waals surface area contributed by atoms with Crippen molar-refractivity contribution in [1.29, 1.82) is 0 Å². The Bertz CT molecular complexity index is 822. The van der Waals surface area contributed by atoms with Gasteiger partial charge in [0.2, 0.25) is 0 Å². The maximum atomic E-state index is 5.79. The zero-order valence-electron chi connectivity index (χ0n) is 21.2. The van der Waals surface area contributed by atoms with E-state index in [2.05, 4.69) is 49.3 Å². The second kappa shape index (κ2) is 19.6. The number of rotatable bonds is 7. The van der Waals surface area contributed by atoms with Crippen LogP contribution in [-0.2, 0) is 0 Å². The lowest BCUT2D eigenvalue weighted by atomic mass is 9.91. The third-order valence-corrected chi connectivity index (χ3v) is 5.50. The van der Waals surface area contributed by atoms with Crippen molar-refractivity contribution >= 4 is 41.2 Å². The molecule has 0 unspecified atom stereocenters. The molecular formula is C29H42Cl2N2. The molecule has 4 heteroatoms. The molecule has 0 radical (unpaired) electrons. The molecule has 1 saturated carbocycles. The standard InChI is InChI=1S/C12H18ClN.C10H10ClN.C7H14/c1-5-7-8-9-10(3)12(6-2)14-11(4)13;1-8-7-10(11)4-3-9(8)5-6-12-2;1-7-5-3-2-4-6-7/h6,8-9H,2,5,7H2,1,3-4H3;3-7H,2H2,1H3;7H,2-6H2,1H3/b9-8-,12-10+,14-11?;6-5+;. The van der Waals surface area contributed by atoms with Crippen LogP contribution in [0, 0.1) is 12.8 Å². The Morgan fingerprint density at radius 1 is 1.18 bits per heavy atom. The van der Waals surface area contributed by atoms with Crippen molar-refractivity contribution < 1.29 is 0 Å². The fourth-order valence-corrected chi connectivity index (χ4v) is 3.56. The van der Waals surface area contributed by atoms with Gasteiger partial charge in [0.1, 0.15) is 5.17 Å². The number of unbranched alkanes of at least 4 members (excludes halogenated alkanes) is 1. The predicted octanol–water partition coefficient (Wildman–Crippen LogP) is 10.4. The number of aliphatic imine (C=N–C) groups is 2. The van der Waals surface area contributed by atoms with Gasteiger partial charge in [0.15, 0.2) is 0 Å². The Hall–Kier alpha value is -1.90. The van der Waals surface area contributed by atoms with Gasteiger partial charge in [0, 0.05) is 11.2 Å². The zero-order valence-corrected chi connectivity index (χ0v) is 22.7. The summed E-state index contributed by atoms with van der Waals surface area (Å²) < 4.78 is 0. The van der Waals surface area contributed by atoms with Gasteiger partial charge < -0.3 is 0 Å². The van der Waals surface area contributed by atoms with Crippen LogP contribution in [0.15, 0.2) is 70.5 Å². The summed E-state index contributed by atoms with van der Waals surface area (Å²) in [5.41, 5.74) is 4.19. The summed E-state index contributed by atoms with van der Waals surface area (Å²) in [7, 11) is 0. The fraction of sp³-hybridized carbons (Fsp3) is 0.448. The molecule has 0 amide bonds. The van der Waals surface area contributed by atoms with Crippen molar-refractivity contribution in [3.63, 3.8) is 0 Å². The van der Waals surface area contributed by atoms with Crippen molar-refractivity contribution in [1.82, 2.24) is 0 Å². The SMILES string of the molecule is C=C/C(N=C(C)Cl)=C(C)\C=C/CCC.C=N/C=C/c1ccc(Cl)cc1C.CC1CCCCC1. The molecule has 1 aromatic rings. The Labute approximate surface area is 212 Å². The summed E-state index contributed by atoms with van der Waals surface area (Å²) in [5, 5.41) is 1.29. The lowest BCUT2D eigenvalue weighted by Gasteiger charge is -2.15. The molecule has 0 aromatic heterocycles. The first-order valence-corrected chi connectivity index (χ1v) is 12.6. The summed E-state index contributed by atoms with van der Waals surface area (Å²) in [4.78, 5) is 7.80. The molecule has 0 aliphatic heterocycles. The normalized spacial score (nSPS) is 15.3. The summed E-state index contributed by atoms with van der Waals surface area (Å²) >= 11 is 11.5. The Morgan fingerprint density at radius 2 is 1.85 bits per heavy atom. The van der Waals surface area contributed by atoms with E-state index in [4.69, 9.17) is 23.2 Å². The van der Waals surface area contributed by atoms with Gasteiger partial charge in [-0.3, -0.25) is 4.99 Å². The molecular weight excluding hydrogens is 447 g/mol. The first-order valence-electron chi connectivity index (χ1n) is 11.8. The van der Waals surface area contributed by atoms with Crippen LogP contribution in [0.3, 0.4) is 0 Å². The summed E-state index contributed by atoms with van der Waals surface area (Å²) in [6, 6.07) is 5.74. The Morgan fingerprint density at radius 3 is 2.30 bits per heavy atom. The third kappa shape index (κ3) is 16.4. The van der Waals surface area contributed by atoms with Crippen molar-refractivity contribution in [3.05, 3.63) is 76.6 Å². The predicted molar refractivity (Wildman–Crippen MR) is 153 cm³/mol. The number of halogens is 2. The van der Waals surface area contributed by atoms with Crippen LogP contribution in [-0.4, -0.2) is 11.9 Å². The van der Waals surface area contributed by atoms with Crippen LogP contribution in [0.5, 0.6) is 0 Å². The molecule has 1 aliphatic carbocycles. The van der Waals surface area contributed by atoms with Crippen LogP contribution in [0.2, 0.25) is 5.02 Å². The van der Waals surface area contributed by atoms with Gasteiger partial charge in [0.05, 0.1) is 5.70 Å². The van der Waals surface area contributed by atoms with Crippen LogP contribution in [0.25, 0.3) is 6.08 Å². The monoisotopic (exact) mass is 488 g/mol. The lowest BCUT2D eigenvalue weighted by molar-refractivity contribution is 0.385. The number of aryl methyl sites for hydroxylation is 1. The summed E-state index contributed by atoms with van der Waals surface area (Å²) in [6.07, 6.45) is 19.2. The minimum absolute atomic E-state index is 0.531. The molecule has 0 atom stereocenters. The lowest BCUT2D eigenvalue weighted by Crippen LogP contribution is -1.99. The molecule has 0 heterocycles. The van der Waals surface area contributed by atoms with Crippen molar-refractivity contribution in [3.8, 4) is 0 Å². The topological polar surface area (TPSA) is 24.7 Å². The highest BCUT2D eigenvalue weighted by Gasteiger charge is 2.06. The van der Waals surface area contributed by atoms with Gasteiger partial charge >= 0.3 is 0 Å². The van der Waals surface area contributed by atoms with Crippen LogP contribution in [0.1, 0.15) is 83.8 Å². The minimum Gasteiger partial charge on any atom is -0.272 e. The molecule has 2 nitrogen and oxygen atoms in total. The van der Waals surface area contributed by atoms with Crippen molar-refractivity contribution in [2.75, 3.05) is 0 Å².